The minimum absolute atomic E-state index is 0.0325. The molecule has 1 aliphatic rings. The lowest BCUT2D eigenvalue weighted by Crippen LogP contribution is -2.31. The molecule has 1 atom stereocenters. The van der Waals surface area contributed by atoms with Gasteiger partial charge >= 0.3 is 5.97 Å². The SMILES string of the molecule is COC(=O)c1cc(C2(C(C)N)CC2)c(O)cc1O. The van der Waals surface area contributed by atoms with Crippen molar-refractivity contribution in [2.75, 3.05) is 7.11 Å². The number of carbonyl (C=O) groups excluding carboxylic acids is 1. The lowest BCUT2D eigenvalue weighted by atomic mass is 9.87. The van der Waals surface area contributed by atoms with Gasteiger partial charge in [0.15, 0.2) is 0 Å². The van der Waals surface area contributed by atoms with Crippen molar-refractivity contribution in [1.82, 2.24) is 0 Å². The smallest absolute Gasteiger partial charge is 0.341 e. The van der Waals surface area contributed by atoms with Crippen molar-refractivity contribution in [3.8, 4) is 11.5 Å². The zero-order valence-corrected chi connectivity index (χ0v) is 10.4. The topological polar surface area (TPSA) is 92.8 Å². The maximum absolute atomic E-state index is 11.5. The molecule has 0 aliphatic heterocycles. The molecule has 4 N–H and O–H groups in total. The molecule has 0 saturated heterocycles. The van der Waals surface area contributed by atoms with Crippen LogP contribution < -0.4 is 5.73 Å². The summed E-state index contributed by atoms with van der Waals surface area (Å²) in [5, 5.41) is 19.6. The summed E-state index contributed by atoms with van der Waals surface area (Å²) in [6.07, 6.45) is 1.73. The first kappa shape index (κ1) is 12.7. The van der Waals surface area contributed by atoms with Gasteiger partial charge in [-0.05, 0) is 25.8 Å². The van der Waals surface area contributed by atoms with Gasteiger partial charge in [-0.3, -0.25) is 0 Å². The molecule has 5 heteroatoms. The van der Waals surface area contributed by atoms with Gasteiger partial charge in [-0.15, -0.1) is 0 Å². The van der Waals surface area contributed by atoms with Crippen molar-refractivity contribution < 1.29 is 19.7 Å². The Bertz CT molecular complexity index is 492. The van der Waals surface area contributed by atoms with Crippen molar-refractivity contribution >= 4 is 5.97 Å². The van der Waals surface area contributed by atoms with Gasteiger partial charge < -0.3 is 20.7 Å². The van der Waals surface area contributed by atoms with Crippen molar-refractivity contribution in [3.05, 3.63) is 23.3 Å². The van der Waals surface area contributed by atoms with E-state index >= 15 is 0 Å². The van der Waals surface area contributed by atoms with Crippen molar-refractivity contribution in [1.29, 1.82) is 0 Å². The van der Waals surface area contributed by atoms with Crippen molar-refractivity contribution in [2.24, 2.45) is 5.73 Å². The number of methoxy groups -OCH3 is 1. The van der Waals surface area contributed by atoms with E-state index in [1.165, 1.54) is 19.2 Å². The number of esters is 1. The normalized spacial score (nSPS) is 18.2. The number of phenolic OH excluding ortho intramolecular Hbond substituents is 2. The number of rotatable bonds is 3. The van der Waals surface area contributed by atoms with E-state index in [4.69, 9.17) is 5.73 Å². The molecule has 2 rings (SSSR count). The first-order chi connectivity index (χ1) is 8.42. The summed E-state index contributed by atoms with van der Waals surface area (Å²) in [5.74, 6) is -0.951. The summed E-state index contributed by atoms with van der Waals surface area (Å²) in [6, 6.07) is 2.52. The minimum atomic E-state index is -0.630. The molecule has 1 aromatic rings. The van der Waals surface area contributed by atoms with E-state index in [2.05, 4.69) is 4.74 Å². The Morgan fingerprint density at radius 2 is 2.00 bits per heavy atom. The molecule has 98 valence electrons. The zero-order valence-electron chi connectivity index (χ0n) is 10.4. The highest BCUT2D eigenvalue weighted by atomic mass is 16.5. The molecule has 0 amide bonds. The van der Waals surface area contributed by atoms with Crippen LogP contribution in [0.2, 0.25) is 0 Å². The summed E-state index contributed by atoms with van der Waals surface area (Å²) in [6.45, 7) is 1.87. The highest BCUT2D eigenvalue weighted by Crippen LogP contribution is 2.53. The highest BCUT2D eigenvalue weighted by Gasteiger charge is 2.49. The molecule has 1 aromatic carbocycles. The van der Waals surface area contributed by atoms with Gasteiger partial charge in [0, 0.05) is 23.1 Å². The van der Waals surface area contributed by atoms with Crippen molar-refractivity contribution in [2.45, 2.75) is 31.2 Å². The molecule has 5 nitrogen and oxygen atoms in total. The number of benzene rings is 1. The van der Waals surface area contributed by atoms with Crippen LogP contribution in [-0.4, -0.2) is 29.3 Å². The van der Waals surface area contributed by atoms with E-state index in [-0.39, 0.29) is 28.5 Å². The third kappa shape index (κ3) is 1.80. The van der Waals surface area contributed by atoms with Gasteiger partial charge in [-0.1, -0.05) is 0 Å². The number of phenols is 2. The average Bonchev–Trinajstić information content (AvgIpc) is 3.09. The second-order valence-corrected chi connectivity index (χ2v) is 4.82. The van der Waals surface area contributed by atoms with E-state index < -0.39 is 5.97 Å². The largest absolute Gasteiger partial charge is 0.508 e. The molecule has 0 radical (unpaired) electrons. The molecule has 0 spiro atoms. The van der Waals surface area contributed by atoms with Gasteiger partial charge in [-0.25, -0.2) is 4.79 Å². The van der Waals surface area contributed by atoms with Crippen LogP contribution in [0.4, 0.5) is 0 Å². The maximum atomic E-state index is 11.5. The Morgan fingerprint density at radius 3 is 2.44 bits per heavy atom. The van der Waals surface area contributed by atoms with Gasteiger partial charge in [0.1, 0.15) is 17.1 Å². The zero-order chi connectivity index (χ0) is 13.5. The summed E-state index contributed by atoms with van der Waals surface area (Å²) in [4.78, 5) is 11.5. The molecule has 0 aromatic heterocycles. The number of hydrogen-bond donors (Lipinski definition) is 3. The standard InChI is InChI=1S/C13H17NO4/c1-7(14)13(3-4-13)9-5-8(12(17)18-2)10(15)6-11(9)16/h5-7,15-16H,3-4,14H2,1-2H3. The van der Waals surface area contributed by atoms with Gasteiger partial charge in [0.05, 0.1) is 7.11 Å². The van der Waals surface area contributed by atoms with Crippen LogP contribution in [0.3, 0.4) is 0 Å². The third-order valence-corrected chi connectivity index (χ3v) is 3.72. The quantitative estimate of drug-likeness (QED) is 0.703. The minimum Gasteiger partial charge on any atom is -0.508 e. The Kier molecular flexibility index (Phi) is 2.94. The van der Waals surface area contributed by atoms with E-state index in [1.807, 2.05) is 6.92 Å². The number of ether oxygens (including phenoxy) is 1. The van der Waals surface area contributed by atoms with Crippen molar-refractivity contribution in [3.63, 3.8) is 0 Å². The molecule has 0 bridgehead atoms. The number of nitrogens with two attached hydrogens (primary N) is 1. The lowest BCUT2D eigenvalue weighted by molar-refractivity contribution is 0.0597. The average molecular weight is 251 g/mol. The van der Waals surface area contributed by atoms with Crippen LogP contribution >= 0.6 is 0 Å². The molecule has 0 heterocycles. The molecule has 1 fully saturated rings. The van der Waals surface area contributed by atoms with Crippen LogP contribution in [0.5, 0.6) is 11.5 Å². The van der Waals surface area contributed by atoms with Crippen LogP contribution in [0.15, 0.2) is 12.1 Å². The maximum Gasteiger partial charge on any atom is 0.341 e. The molecule has 1 saturated carbocycles. The number of hydrogen-bond acceptors (Lipinski definition) is 5. The molecule has 18 heavy (non-hydrogen) atoms. The number of aromatic hydroxyl groups is 2. The summed E-state index contributed by atoms with van der Waals surface area (Å²) in [5.41, 5.74) is 6.31. The molecular formula is C13H17NO4. The Balaban J connectivity index is 2.52. The Morgan fingerprint density at radius 1 is 1.39 bits per heavy atom. The summed E-state index contributed by atoms with van der Waals surface area (Å²) < 4.78 is 4.59. The monoisotopic (exact) mass is 251 g/mol. The Hall–Kier alpha value is -1.75. The predicted molar refractivity (Wildman–Crippen MR) is 65.7 cm³/mol. The molecular weight excluding hydrogens is 234 g/mol. The van der Waals surface area contributed by atoms with Crippen LogP contribution in [0.1, 0.15) is 35.7 Å². The van der Waals surface area contributed by atoms with Crippen LogP contribution in [0.25, 0.3) is 0 Å². The highest BCUT2D eigenvalue weighted by molar-refractivity contribution is 5.93. The third-order valence-electron chi connectivity index (χ3n) is 3.72. The van der Waals surface area contributed by atoms with Gasteiger partial charge in [0.2, 0.25) is 0 Å². The summed E-state index contributed by atoms with van der Waals surface area (Å²) in [7, 11) is 1.24. The Labute approximate surface area is 105 Å². The summed E-state index contributed by atoms with van der Waals surface area (Å²) >= 11 is 0. The number of carbonyl (C=O) groups is 1. The fourth-order valence-electron chi connectivity index (χ4n) is 2.35. The fraction of sp³-hybridized carbons (Fsp3) is 0.462. The van der Waals surface area contributed by atoms with Gasteiger partial charge in [0.25, 0.3) is 0 Å². The first-order valence-electron chi connectivity index (χ1n) is 5.82. The van der Waals surface area contributed by atoms with E-state index in [0.29, 0.717) is 5.56 Å². The second kappa shape index (κ2) is 4.17. The van der Waals surface area contributed by atoms with Crippen LogP contribution in [-0.2, 0) is 10.2 Å². The van der Waals surface area contributed by atoms with Gasteiger partial charge in [-0.2, -0.15) is 0 Å². The fourth-order valence-corrected chi connectivity index (χ4v) is 2.35. The molecule has 1 unspecified atom stereocenters. The van der Waals surface area contributed by atoms with Crippen LogP contribution in [0, 0.1) is 0 Å². The first-order valence-corrected chi connectivity index (χ1v) is 5.82. The van der Waals surface area contributed by atoms with E-state index in [1.54, 1.807) is 0 Å². The second-order valence-electron chi connectivity index (χ2n) is 4.82. The van der Waals surface area contributed by atoms with E-state index in [9.17, 15) is 15.0 Å². The predicted octanol–water partition coefficient (Wildman–Crippen LogP) is 1.26. The lowest BCUT2D eigenvalue weighted by Gasteiger charge is -2.22. The molecule has 1 aliphatic carbocycles. The van der Waals surface area contributed by atoms with E-state index in [0.717, 1.165) is 12.8 Å².